The van der Waals surface area contributed by atoms with Crippen molar-refractivity contribution in [3.8, 4) is 0 Å². The molecule has 0 radical (unpaired) electrons. The summed E-state index contributed by atoms with van der Waals surface area (Å²) >= 11 is 0. The van der Waals surface area contributed by atoms with Crippen LogP contribution in [0.15, 0.2) is 0 Å². The van der Waals surface area contributed by atoms with E-state index in [-0.39, 0.29) is 17.6 Å². The Balaban J connectivity index is 2.17. The zero-order valence-electron chi connectivity index (χ0n) is 9.05. The fourth-order valence-corrected chi connectivity index (χ4v) is 2.84. The molecule has 1 saturated heterocycles. The largest absolute Gasteiger partial charge is 0.396 e. The van der Waals surface area contributed by atoms with Crippen molar-refractivity contribution < 1.29 is 14.9 Å². The summed E-state index contributed by atoms with van der Waals surface area (Å²) in [6.07, 6.45) is 3.61. The van der Waals surface area contributed by atoms with E-state index in [0.29, 0.717) is 13.0 Å². The molecule has 2 rings (SSSR count). The number of rotatable bonds is 2. The van der Waals surface area contributed by atoms with Crippen molar-refractivity contribution in [2.45, 2.75) is 50.7 Å². The molecule has 0 amide bonds. The topological polar surface area (TPSA) is 49.7 Å². The van der Waals surface area contributed by atoms with Crippen LogP contribution in [-0.4, -0.2) is 34.6 Å². The van der Waals surface area contributed by atoms with Crippen LogP contribution in [0.3, 0.4) is 0 Å². The first-order valence-electron chi connectivity index (χ1n) is 5.40. The van der Waals surface area contributed by atoms with Gasteiger partial charge < -0.3 is 14.9 Å². The summed E-state index contributed by atoms with van der Waals surface area (Å²) in [6, 6.07) is 0. The van der Waals surface area contributed by atoms with E-state index in [2.05, 4.69) is 0 Å². The molecule has 3 nitrogen and oxygen atoms in total. The first-order valence-corrected chi connectivity index (χ1v) is 5.40. The van der Waals surface area contributed by atoms with Crippen LogP contribution in [0.25, 0.3) is 0 Å². The molecule has 0 aromatic carbocycles. The van der Waals surface area contributed by atoms with E-state index in [1.165, 1.54) is 0 Å². The van der Waals surface area contributed by atoms with Gasteiger partial charge in [-0.2, -0.15) is 0 Å². The second-order valence-electron chi connectivity index (χ2n) is 5.55. The average Bonchev–Trinajstić information content (AvgIpc) is 2.25. The SMILES string of the molecule is CC1(C)CC(O)(C2(CO)CCC2)CO1. The lowest BCUT2D eigenvalue weighted by Crippen LogP contribution is -2.55. The van der Waals surface area contributed by atoms with Gasteiger partial charge in [-0.3, -0.25) is 0 Å². The van der Waals surface area contributed by atoms with Gasteiger partial charge in [0.2, 0.25) is 0 Å². The second-order valence-corrected chi connectivity index (χ2v) is 5.55. The fourth-order valence-electron chi connectivity index (χ4n) is 2.84. The molecular formula is C11H20O3. The molecule has 1 aliphatic heterocycles. The van der Waals surface area contributed by atoms with Crippen molar-refractivity contribution in [2.24, 2.45) is 5.41 Å². The van der Waals surface area contributed by atoms with Crippen molar-refractivity contribution in [1.29, 1.82) is 0 Å². The van der Waals surface area contributed by atoms with E-state index in [0.717, 1.165) is 19.3 Å². The highest BCUT2D eigenvalue weighted by Gasteiger charge is 2.58. The molecule has 2 fully saturated rings. The number of hydrogen-bond acceptors (Lipinski definition) is 3. The second kappa shape index (κ2) is 2.94. The molecule has 3 heteroatoms. The minimum absolute atomic E-state index is 0.0862. The molecule has 1 aliphatic carbocycles. The third-order valence-electron chi connectivity index (χ3n) is 4.02. The van der Waals surface area contributed by atoms with Crippen LogP contribution in [0.2, 0.25) is 0 Å². The van der Waals surface area contributed by atoms with E-state index >= 15 is 0 Å². The normalized spacial score (nSPS) is 39.4. The van der Waals surface area contributed by atoms with Crippen molar-refractivity contribution in [1.82, 2.24) is 0 Å². The summed E-state index contributed by atoms with van der Waals surface area (Å²) in [5.41, 5.74) is -1.32. The smallest absolute Gasteiger partial charge is 0.0985 e. The minimum atomic E-state index is -0.802. The first-order chi connectivity index (χ1) is 6.43. The summed E-state index contributed by atoms with van der Waals surface area (Å²) in [5.74, 6) is 0. The molecule has 0 bridgehead atoms. The van der Waals surface area contributed by atoms with Crippen molar-refractivity contribution in [3.05, 3.63) is 0 Å². The van der Waals surface area contributed by atoms with E-state index < -0.39 is 5.60 Å². The van der Waals surface area contributed by atoms with Crippen LogP contribution in [0.4, 0.5) is 0 Å². The lowest BCUT2D eigenvalue weighted by molar-refractivity contribution is -0.149. The molecule has 1 atom stereocenters. The first kappa shape index (κ1) is 10.4. The average molecular weight is 200 g/mol. The van der Waals surface area contributed by atoms with E-state index in [1.807, 2.05) is 13.8 Å². The van der Waals surface area contributed by atoms with Crippen LogP contribution in [0, 0.1) is 5.41 Å². The van der Waals surface area contributed by atoms with E-state index in [4.69, 9.17) is 4.74 Å². The minimum Gasteiger partial charge on any atom is -0.396 e. The van der Waals surface area contributed by atoms with Gasteiger partial charge in [0.25, 0.3) is 0 Å². The van der Waals surface area contributed by atoms with Gasteiger partial charge in [-0.15, -0.1) is 0 Å². The molecule has 1 heterocycles. The van der Waals surface area contributed by atoms with Crippen LogP contribution in [0.5, 0.6) is 0 Å². The Hall–Kier alpha value is -0.120. The Bertz CT molecular complexity index is 227. The third-order valence-corrected chi connectivity index (χ3v) is 4.02. The summed E-state index contributed by atoms with van der Waals surface area (Å²) in [6.45, 7) is 4.45. The van der Waals surface area contributed by atoms with Gasteiger partial charge in [-0.25, -0.2) is 0 Å². The summed E-state index contributed by atoms with van der Waals surface area (Å²) < 4.78 is 5.58. The molecule has 1 saturated carbocycles. The monoisotopic (exact) mass is 200 g/mol. The van der Waals surface area contributed by atoms with E-state index in [9.17, 15) is 10.2 Å². The maximum Gasteiger partial charge on any atom is 0.0985 e. The number of aliphatic hydroxyl groups is 2. The number of aliphatic hydroxyl groups excluding tert-OH is 1. The van der Waals surface area contributed by atoms with Gasteiger partial charge >= 0.3 is 0 Å². The quantitative estimate of drug-likeness (QED) is 0.701. The Morgan fingerprint density at radius 3 is 2.21 bits per heavy atom. The summed E-state index contributed by atoms with van der Waals surface area (Å²) in [7, 11) is 0. The van der Waals surface area contributed by atoms with Crippen LogP contribution in [-0.2, 0) is 4.74 Å². The van der Waals surface area contributed by atoms with Gasteiger partial charge in [0.05, 0.1) is 24.4 Å². The number of hydrogen-bond donors (Lipinski definition) is 2. The summed E-state index contributed by atoms with van der Waals surface area (Å²) in [5, 5.41) is 19.9. The predicted molar refractivity (Wildman–Crippen MR) is 53.0 cm³/mol. The van der Waals surface area contributed by atoms with Gasteiger partial charge in [-0.05, 0) is 26.7 Å². The third kappa shape index (κ3) is 1.30. The highest BCUT2D eigenvalue weighted by atomic mass is 16.5. The van der Waals surface area contributed by atoms with Crippen molar-refractivity contribution >= 4 is 0 Å². The molecular weight excluding hydrogens is 180 g/mol. The lowest BCUT2D eigenvalue weighted by Gasteiger charge is -2.50. The van der Waals surface area contributed by atoms with E-state index in [1.54, 1.807) is 0 Å². The maximum absolute atomic E-state index is 10.5. The predicted octanol–water partition coefficient (Wildman–Crippen LogP) is 1.08. The molecule has 0 aromatic rings. The fraction of sp³-hybridized carbons (Fsp3) is 1.00. The molecule has 2 N–H and O–H groups in total. The Morgan fingerprint density at radius 2 is 1.93 bits per heavy atom. The van der Waals surface area contributed by atoms with Crippen LogP contribution in [0.1, 0.15) is 39.5 Å². The Labute approximate surface area is 85.1 Å². The zero-order chi connectivity index (χ0) is 10.4. The van der Waals surface area contributed by atoms with Crippen LogP contribution >= 0.6 is 0 Å². The standard InChI is InChI=1S/C11H20O3/c1-9(2)6-11(13,8-14-9)10(7-12)4-3-5-10/h12-13H,3-8H2,1-2H3. The Morgan fingerprint density at radius 1 is 1.29 bits per heavy atom. The van der Waals surface area contributed by atoms with Crippen LogP contribution < -0.4 is 0 Å². The van der Waals surface area contributed by atoms with Crippen molar-refractivity contribution in [2.75, 3.05) is 13.2 Å². The highest BCUT2D eigenvalue weighted by Crippen LogP contribution is 2.54. The van der Waals surface area contributed by atoms with Gasteiger partial charge in [-0.1, -0.05) is 6.42 Å². The number of ether oxygens (including phenoxy) is 1. The molecule has 0 aromatic heterocycles. The van der Waals surface area contributed by atoms with Gasteiger partial charge in [0.1, 0.15) is 0 Å². The lowest BCUT2D eigenvalue weighted by atomic mass is 9.58. The molecule has 14 heavy (non-hydrogen) atoms. The maximum atomic E-state index is 10.5. The molecule has 0 spiro atoms. The molecule has 82 valence electrons. The zero-order valence-corrected chi connectivity index (χ0v) is 9.05. The van der Waals surface area contributed by atoms with Gasteiger partial charge in [0.15, 0.2) is 0 Å². The van der Waals surface area contributed by atoms with Crippen molar-refractivity contribution in [3.63, 3.8) is 0 Å². The molecule has 1 unspecified atom stereocenters. The molecule has 2 aliphatic rings. The Kier molecular flexibility index (Phi) is 2.18. The highest BCUT2D eigenvalue weighted by molar-refractivity contribution is 5.08. The van der Waals surface area contributed by atoms with Gasteiger partial charge in [0, 0.05) is 11.8 Å². The summed E-state index contributed by atoms with van der Waals surface area (Å²) in [4.78, 5) is 0.